The molecular weight excluding hydrogens is 186 g/mol. The number of allylic oxidation sites excluding steroid dienone is 2. The second-order valence-electron chi connectivity index (χ2n) is 3.63. The Morgan fingerprint density at radius 1 is 1.27 bits per heavy atom. The average Bonchev–Trinajstić information content (AvgIpc) is 2.56. The number of hydrogen-bond acceptors (Lipinski definition) is 1. The van der Waals surface area contributed by atoms with Crippen LogP contribution in [0.4, 0.5) is 0 Å². The van der Waals surface area contributed by atoms with Crippen molar-refractivity contribution < 1.29 is 4.79 Å². The maximum atomic E-state index is 11.4. The van der Waals surface area contributed by atoms with Crippen molar-refractivity contribution in [2.45, 2.75) is 13.3 Å². The molecule has 0 atom stereocenters. The highest BCUT2D eigenvalue weighted by Crippen LogP contribution is 2.11. The Morgan fingerprint density at radius 3 is 2.60 bits per heavy atom. The summed E-state index contributed by atoms with van der Waals surface area (Å²) >= 11 is 0. The topological polar surface area (TPSA) is 29.1 Å². The van der Waals surface area contributed by atoms with Crippen molar-refractivity contribution >= 4 is 5.91 Å². The second kappa shape index (κ2) is 4.13. The Bertz CT molecular complexity index is 429. The molecule has 2 nitrogen and oxygen atoms in total. The standard InChI is InChI=1S/C13H13NO/c1-10-9-12(13(15)14-10)8-7-11-5-3-2-4-6-11/h2-6,8-9H,7H2,1H3,(H,14,15). The molecule has 1 amide bonds. The van der Waals surface area contributed by atoms with E-state index in [0.717, 1.165) is 17.7 Å². The van der Waals surface area contributed by atoms with Crippen LogP contribution in [0.15, 0.2) is 53.8 Å². The van der Waals surface area contributed by atoms with Gasteiger partial charge in [-0.1, -0.05) is 36.4 Å². The minimum atomic E-state index is 0.00318. The van der Waals surface area contributed by atoms with Gasteiger partial charge in [0.05, 0.1) is 0 Å². The fourth-order valence-corrected chi connectivity index (χ4v) is 1.58. The smallest absolute Gasteiger partial charge is 0.255 e. The maximum absolute atomic E-state index is 11.4. The number of rotatable bonds is 2. The van der Waals surface area contributed by atoms with Crippen LogP contribution in [-0.2, 0) is 11.2 Å². The fraction of sp³-hybridized carbons (Fsp3) is 0.154. The summed E-state index contributed by atoms with van der Waals surface area (Å²) in [5.74, 6) is 0.00318. The Morgan fingerprint density at radius 2 is 2.00 bits per heavy atom. The number of carbonyl (C=O) groups is 1. The molecule has 15 heavy (non-hydrogen) atoms. The van der Waals surface area contributed by atoms with Gasteiger partial charge in [0.15, 0.2) is 0 Å². The Hall–Kier alpha value is -1.83. The molecule has 0 saturated carbocycles. The van der Waals surface area contributed by atoms with Gasteiger partial charge in [-0.05, 0) is 25.0 Å². The fourth-order valence-electron chi connectivity index (χ4n) is 1.58. The number of hydrogen-bond donors (Lipinski definition) is 1. The molecule has 1 aromatic rings. The van der Waals surface area contributed by atoms with Crippen molar-refractivity contribution in [3.63, 3.8) is 0 Å². The van der Waals surface area contributed by atoms with E-state index in [2.05, 4.69) is 17.4 Å². The van der Waals surface area contributed by atoms with Crippen molar-refractivity contribution in [2.75, 3.05) is 0 Å². The molecule has 76 valence electrons. The van der Waals surface area contributed by atoms with Crippen LogP contribution in [0.25, 0.3) is 0 Å². The summed E-state index contributed by atoms with van der Waals surface area (Å²) in [6.45, 7) is 1.89. The molecule has 0 bridgehead atoms. The lowest BCUT2D eigenvalue weighted by Gasteiger charge is -1.96. The third-order valence-electron chi connectivity index (χ3n) is 2.35. The first-order valence-corrected chi connectivity index (χ1v) is 4.99. The van der Waals surface area contributed by atoms with E-state index in [1.165, 1.54) is 5.56 Å². The molecule has 0 saturated heterocycles. The van der Waals surface area contributed by atoms with E-state index < -0.39 is 0 Å². The summed E-state index contributed by atoms with van der Waals surface area (Å²) in [7, 11) is 0. The molecule has 1 aromatic carbocycles. The van der Waals surface area contributed by atoms with Crippen LogP contribution < -0.4 is 5.32 Å². The van der Waals surface area contributed by atoms with Crippen LogP contribution in [0, 0.1) is 0 Å². The summed E-state index contributed by atoms with van der Waals surface area (Å²) in [5.41, 5.74) is 2.89. The summed E-state index contributed by atoms with van der Waals surface area (Å²) in [6.07, 6.45) is 4.64. The molecular formula is C13H13NO. The van der Waals surface area contributed by atoms with Crippen molar-refractivity contribution in [1.29, 1.82) is 0 Å². The summed E-state index contributed by atoms with van der Waals surface area (Å²) < 4.78 is 0. The highest BCUT2D eigenvalue weighted by atomic mass is 16.1. The number of carbonyl (C=O) groups excluding carboxylic acids is 1. The molecule has 1 aliphatic rings. The molecule has 0 fully saturated rings. The Balaban J connectivity index is 2.10. The molecule has 1 aliphatic heterocycles. The molecule has 0 unspecified atom stereocenters. The zero-order chi connectivity index (χ0) is 10.7. The molecule has 0 radical (unpaired) electrons. The van der Waals surface area contributed by atoms with Crippen LogP contribution in [0.5, 0.6) is 0 Å². The zero-order valence-electron chi connectivity index (χ0n) is 8.66. The minimum Gasteiger partial charge on any atom is -0.326 e. The summed E-state index contributed by atoms with van der Waals surface area (Å²) in [5, 5.41) is 2.76. The number of amides is 1. The van der Waals surface area contributed by atoms with Gasteiger partial charge in [-0.15, -0.1) is 0 Å². The van der Waals surface area contributed by atoms with Crippen molar-refractivity contribution in [1.82, 2.24) is 5.32 Å². The summed E-state index contributed by atoms with van der Waals surface area (Å²) in [6, 6.07) is 10.1. The van der Waals surface area contributed by atoms with E-state index in [-0.39, 0.29) is 5.91 Å². The maximum Gasteiger partial charge on any atom is 0.255 e. The molecule has 0 aliphatic carbocycles. The van der Waals surface area contributed by atoms with Crippen LogP contribution >= 0.6 is 0 Å². The van der Waals surface area contributed by atoms with E-state index in [4.69, 9.17) is 0 Å². The van der Waals surface area contributed by atoms with Gasteiger partial charge in [0, 0.05) is 11.3 Å². The van der Waals surface area contributed by atoms with Crippen LogP contribution in [0.1, 0.15) is 12.5 Å². The predicted molar refractivity (Wildman–Crippen MR) is 60.1 cm³/mol. The van der Waals surface area contributed by atoms with Gasteiger partial charge in [0.2, 0.25) is 0 Å². The van der Waals surface area contributed by atoms with Gasteiger partial charge in [0.25, 0.3) is 5.91 Å². The first kappa shape index (κ1) is 9.71. The van der Waals surface area contributed by atoms with E-state index >= 15 is 0 Å². The van der Waals surface area contributed by atoms with Crippen molar-refractivity contribution in [3.05, 3.63) is 59.3 Å². The van der Waals surface area contributed by atoms with Crippen LogP contribution in [0.2, 0.25) is 0 Å². The van der Waals surface area contributed by atoms with Crippen molar-refractivity contribution in [3.8, 4) is 0 Å². The average molecular weight is 199 g/mol. The largest absolute Gasteiger partial charge is 0.326 e. The molecule has 0 aromatic heterocycles. The predicted octanol–water partition coefficient (Wildman–Crippen LogP) is 2.19. The highest BCUT2D eigenvalue weighted by Gasteiger charge is 2.13. The van der Waals surface area contributed by atoms with Gasteiger partial charge in [-0.2, -0.15) is 0 Å². The minimum absolute atomic E-state index is 0.00318. The SMILES string of the molecule is CC1=CC(=CCc2ccccc2)C(=O)N1. The Kier molecular flexibility index (Phi) is 2.68. The monoisotopic (exact) mass is 199 g/mol. The normalized spacial score (nSPS) is 17.8. The van der Waals surface area contributed by atoms with Gasteiger partial charge < -0.3 is 5.32 Å². The molecule has 2 heteroatoms. The van der Waals surface area contributed by atoms with Gasteiger partial charge in [0.1, 0.15) is 0 Å². The lowest BCUT2D eigenvalue weighted by atomic mass is 10.1. The first-order valence-electron chi connectivity index (χ1n) is 4.99. The molecule has 1 N–H and O–H groups in total. The first-order chi connectivity index (χ1) is 7.25. The quantitative estimate of drug-likeness (QED) is 0.727. The lowest BCUT2D eigenvalue weighted by Crippen LogP contribution is -2.15. The second-order valence-corrected chi connectivity index (χ2v) is 3.63. The highest BCUT2D eigenvalue weighted by molar-refractivity contribution is 6.00. The van der Waals surface area contributed by atoms with Gasteiger partial charge in [-0.3, -0.25) is 4.79 Å². The van der Waals surface area contributed by atoms with E-state index in [1.807, 2.05) is 37.3 Å². The van der Waals surface area contributed by atoms with Gasteiger partial charge >= 0.3 is 0 Å². The lowest BCUT2D eigenvalue weighted by molar-refractivity contribution is -0.116. The van der Waals surface area contributed by atoms with Crippen LogP contribution in [-0.4, -0.2) is 5.91 Å². The Labute approximate surface area is 89.3 Å². The zero-order valence-corrected chi connectivity index (χ0v) is 8.66. The van der Waals surface area contributed by atoms with Crippen molar-refractivity contribution in [2.24, 2.45) is 0 Å². The summed E-state index contributed by atoms with van der Waals surface area (Å²) in [4.78, 5) is 11.4. The molecule has 1 heterocycles. The molecule has 0 spiro atoms. The van der Waals surface area contributed by atoms with E-state index in [1.54, 1.807) is 0 Å². The van der Waals surface area contributed by atoms with Crippen LogP contribution in [0.3, 0.4) is 0 Å². The third-order valence-corrected chi connectivity index (χ3v) is 2.35. The number of benzene rings is 1. The van der Waals surface area contributed by atoms with E-state index in [0.29, 0.717) is 0 Å². The van der Waals surface area contributed by atoms with Gasteiger partial charge in [-0.25, -0.2) is 0 Å². The molecule has 2 rings (SSSR count). The van der Waals surface area contributed by atoms with E-state index in [9.17, 15) is 4.79 Å². The third kappa shape index (κ3) is 2.34. The number of nitrogens with one attached hydrogen (secondary N) is 1.